The maximum atomic E-state index is 13.2. The topological polar surface area (TPSA) is 38.0 Å². The molecule has 0 aliphatic heterocycles. The summed E-state index contributed by atoms with van der Waals surface area (Å²) in [6, 6.07) is 2.27. The number of hydrazine groups is 1. The first-order chi connectivity index (χ1) is 7.11. The second-order valence-corrected chi connectivity index (χ2v) is 3.80. The van der Waals surface area contributed by atoms with Crippen LogP contribution in [-0.4, -0.2) is 0 Å². The number of benzene rings is 1. The second-order valence-electron chi connectivity index (χ2n) is 3.01. The van der Waals surface area contributed by atoms with Gasteiger partial charge in [0, 0.05) is 0 Å². The van der Waals surface area contributed by atoms with Crippen molar-refractivity contribution in [2.24, 2.45) is 5.84 Å². The molecule has 15 heavy (non-hydrogen) atoms. The molecule has 2 nitrogen and oxygen atoms in total. The Morgan fingerprint density at radius 3 is 2.73 bits per heavy atom. The molecular weight excluding hydrogens is 266 g/mol. The van der Waals surface area contributed by atoms with E-state index in [1.54, 1.807) is 6.08 Å². The zero-order valence-electron chi connectivity index (χ0n) is 7.93. The minimum Gasteiger partial charge on any atom is -0.271 e. The summed E-state index contributed by atoms with van der Waals surface area (Å²) in [5.74, 6) is 3.52. The zero-order valence-corrected chi connectivity index (χ0v) is 9.52. The molecule has 0 heterocycles. The van der Waals surface area contributed by atoms with Crippen molar-refractivity contribution in [3.63, 3.8) is 0 Å². The van der Waals surface area contributed by atoms with Crippen molar-refractivity contribution in [3.8, 4) is 0 Å². The van der Waals surface area contributed by atoms with E-state index in [0.717, 1.165) is 6.07 Å². The molecule has 0 amide bonds. The molecule has 3 N–H and O–H groups in total. The second kappa shape index (κ2) is 5.34. The van der Waals surface area contributed by atoms with Gasteiger partial charge < -0.3 is 0 Å². The minimum absolute atomic E-state index is 0.0901. The summed E-state index contributed by atoms with van der Waals surface area (Å²) in [4.78, 5) is 0. The largest absolute Gasteiger partial charge is 0.271 e. The van der Waals surface area contributed by atoms with Crippen LogP contribution in [0, 0.1) is 11.6 Å². The van der Waals surface area contributed by atoms with Crippen molar-refractivity contribution < 1.29 is 8.78 Å². The number of rotatable bonds is 4. The molecule has 0 aliphatic rings. The minimum atomic E-state index is -0.906. The molecule has 5 heteroatoms. The van der Waals surface area contributed by atoms with E-state index in [4.69, 9.17) is 5.84 Å². The molecule has 0 aliphatic carbocycles. The summed E-state index contributed by atoms with van der Waals surface area (Å²) in [7, 11) is 0. The van der Waals surface area contributed by atoms with Crippen LogP contribution >= 0.6 is 15.9 Å². The zero-order chi connectivity index (χ0) is 11.4. The molecule has 1 aromatic carbocycles. The van der Waals surface area contributed by atoms with Crippen molar-refractivity contribution in [2.45, 2.75) is 12.5 Å². The van der Waals surface area contributed by atoms with E-state index in [0.29, 0.717) is 12.0 Å². The number of hydrogen-bond acceptors (Lipinski definition) is 2. The van der Waals surface area contributed by atoms with Crippen molar-refractivity contribution in [1.29, 1.82) is 0 Å². The number of nitrogens with one attached hydrogen (secondary N) is 1. The Kier molecular flexibility index (Phi) is 4.38. The first-order valence-corrected chi connectivity index (χ1v) is 5.11. The highest BCUT2D eigenvalue weighted by molar-refractivity contribution is 9.10. The number of halogens is 3. The van der Waals surface area contributed by atoms with Crippen LogP contribution in [0.4, 0.5) is 8.78 Å². The van der Waals surface area contributed by atoms with Gasteiger partial charge in [-0.2, -0.15) is 0 Å². The van der Waals surface area contributed by atoms with Gasteiger partial charge in [-0.3, -0.25) is 11.3 Å². The van der Waals surface area contributed by atoms with Crippen LogP contribution in [0.2, 0.25) is 0 Å². The molecule has 1 atom stereocenters. The molecule has 0 radical (unpaired) electrons. The van der Waals surface area contributed by atoms with Gasteiger partial charge >= 0.3 is 0 Å². The lowest BCUT2D eigenvalue weighted by Crippen LogP contribution is -2.28. The molecule has 1 aromatic rings. The Bertz CT molecular complexity index is 369. The fraction of sp³-hybridized carbons (Fsp3) is 0.200. The molecule has 0 fully saturated rings. The molecule has 0 saturated heterocycles. The molecule has 0 aromatic heterocycles. The maximum absolute atomic E-state index is 13.2. The lowest BCUT2D eigenvalue weighted by atomic mass is 10.0. The SMILES string of the molecule is C=CCC(NN)c1ccc(F)c(F)c1Br. The third kappa shape index (κ3) is 2.62. The summed E-state index contributed by atoms with van der Waals surface area (Å²) in [6.07, 6.45) is 2.18. The molecule has 1 rings (SSSR count). The quantitative estimate of drug-likeness (QED) is 0.384. The molecule has 0 saturated carbocycles. The Balaban J connectivity index is 3.13. The van der Waals surface area contributed by atoms with E-state index >= 15 is 0 Å². The van der Waals surface area contributed by atoms with E-state index in [9.17, 15) is 8.78 Å². The van der Waals surface area contributed by atoms with Crippen LogP contribution in [0.15, 0.2) is 29.3 Å². The van der Waals surface area contributed by atoms with Gasteiger partial charge in [-0.15, -0.1) is 6.58 Å². The predicted molar refractivity (Wildman–Crippen MR) is 58.9 cm³/mol. The predicted octanol–water partition coefficient (Wildman–Crippen LogP) is 2.81. The summed E-state index contributed by atoms with van der Waals surface area (Å²) in [5.41, 5.74) is 3.08. The van der Waals surface area contributed by atoms with E-state index < -0.39 is 11.6 Å². The monoisotopic (exact) mass is 276 g/mol. The van der Waals surface area contributed by atoms with Crippen molar-refractivity contribution >= 4 is 15.9 Å². The van der Waals surface area contributed by atoms with Gasteiger partial charge in [0.25, 0.3) is 0 Å². The van der Waals surface area contributed by atoms with Gasteiger partial charge in [-0.25, -0.2) is 8.78 Å². The Hall–Kier alpha value is -0.780. The Morgan fingerprint density at radius 1 is 1.53 bits per heavy atom. The number of hydrogen-bond donors (Lipinski definition) is 2. The van der Waals surface area contributed by atoms with Gasteiger partial charge in [-0.1, -0.05) is 12.1 Å². The van der Waals surface area contributed by atoms with Gasteiger partial charge in [0.1, 0.15) is 0 Å². The van der Waals surface area contributed by atoms with Crippen LogP contribution in [0.1, 0.15) is 18.0 Å². The molecule has 0 spiro atoms. The maximum Gasteiger partial charge on any atom is 0.173 e. The lowest BCUT2D eigenvalue weighted by molar-refractivity contribution is 0.492. The van der Waals surface area contributed by atoms with Crippen molar-refractivity contribution in [2.75, 3.05) is 0 Å². The highest BCUT2D eigenvalue weighted by atomic mass is 79.9. The molecule has 0 bridgehead atoms. The van der Waals surface area contributed by atoms with Crippen LogP contribution in [-0.2, 0) is 0 Å². The average molecular weight is 277 g/mol. The Labute approximate surface area is 95.3 Å². The van der Waals surface area contributed by atoms with E-state index in [1.807, 2.05) is 0 Å². The van der Waals surface area contributed by atoms with E-state index in [-0.39, 0.29) is 10.5 Å². The van der Waals surface area contributed by atoms with E-state index in [1.165, 1.54) is 6.07 Å². The van der Waals surface area contributed by atoms with Crippen molar-refractivity contribution in [1.82, 2.24) is 5.43 Å². The normalized spacial score (nSPS) is 12.5. The number of nitrogens with two attached hydrogens (primary N) is 1. The fourth-order valence-corrected chi connectivity index (χ4v) is 1.86. The highest BCUT2D eigenvalue weighted by Crippen LogP contribution is 2.29. The van der Waals surface area contributed by atoms with E-state index in [2.05, 4.69) is 27.9 Å². The van der Waals surface area contributed by atoms with Crippen molar-refractivity contribution in [3.05, 3.63) is 46.5 Å². The summed E-state index contributed by atoms with van der Waals surface area (Å²) in [6.45, 7) is 3.56. The van der Waals surface area contributed by atoms with Crippen LogP contribution < -0.4 is 11.3 Å². The standard InChI is InChI=1S/C10H11BrF2N2/c1-2-3-8(15-14)6-4-5-7(12)10(13)9(6)11/h2,4-5,8,15H,1,3,14H2. The fourth-order valence-electron chi connectivity index (χ4n) is 1.26. The third-order valence-electron chi connectivity index (χ3n) is 2.04. The summed E-state index contributed by atoms with van der Waals surface area (Å²) >= 11 is 3.00. The summed E-state index contributed by atoms with van der Waals surface area (Å²) < 4.78 is 26.1. The van der Waals surface area contributed by atoms with Crippen LogP contribution in [0.25, 0.3) is 0 Å². The lowest BCUT2D eigenvalue weighted by Gasteiger charge is -2.16. The van der Waals surface area contributed by atoms with Crippen LogP contribution in [0.3, 0.4) is 0 Å². The smallest absolute Gasteiger partial charge is 0.173 e. The average Bonchev–Trinajstić information content (AvgIpc) is 2.24. The first kappa shape index (κ1) is 12.3. The molecular formula is C10H11BrF2N2. The first-order valence-electron chi connectivity index (χ1n) is 4.32. The third-order valence-corrected chi connectivity index (χ3v) is 2.85. The van der Waals surface area contributed by atoms with Gasteiger partial charge in [0.05, 0.1) is 10.5 Å². The molecule has 82 valence electrons. The summed E-state index contributed by atoms with van der Waals surface area (Å²) in [5, 5.41) is 0. The Morgan fingerprint density at radius 2 is 2.20 bits per heavy atom. The van der Waals surface area contributed by atoms with Gasteiger partial charge in [0.15, 0.2) is 11.6 Å². The van der Waals surface area contributed by atoms with Gasteiger partial charge in [0.2, 0.25) is 0 Å². The van der Waals surface area contributed by atoms with Crippen LogP contribution in [0.5, 0.6) is 0 Å². The highest BCUT2D eigenvalue weighted by Gasteiger charge is 2.16. The molecule has 1 unspecified atom stereocenters. The van der Waals surface area contributed by atoms with Gasteiger partial charge in [-0.05, 0) is 34.0 Å².